The Kier molecular flexibility index (Phi) is 2.43. The first kappa shape index (κ1) is 8.57. The standard InChI is InChI=1S/C9H15I/c1-7-4-5-9(2,3)8(10)6-7/h4-5,7-8H,6H2,1-3H3. The van der Waals surface area contributed by atoms with Crippen LogP contribution in [0.4, 0.5) is 0 Å². The molecule has 0 saturated carbocycles. The first-order valence-electron chi connectivity index (χ1n) is 3.86. The molecule has 0 aromatic heterocycles. The van der Waals surface area contributed by atoms with Crippen molar-refractivity contribution >= 4 is 22.6 Å². The van der Waals surface area contributed by atoms with Crippen molar-refractivity contribution in [3.8, 4) is 0 Å². The van der Waals surface area contributed by atoms with Crippen LogP contribution in [0.25, 0.3) is 0 Å². The largest absolute Gasteiger partial charge is 0.0851 e. The van der Waals surface area contributed by atoms with Crippen LogP contribution in [0.2, 0.25) is 0 Å². The Morgan fingerprint density at radius 1 is 1.50 bits per heavy atom. The minimum Gasteiger partial charge on any atom is -0.0851 e. The molecule has 1 heteroatoms. The van der Waals surface area contributed by atoms with Crippen LogP contribution < -0.4 is 0 Å². The summed E-state index contributed by atoms with van der Waals surface area (Å²) in [7, 11) is 0. The van der Waals surface area contributed by atoms with Gasteiger partial charge in [0.05, 0.1) is 0 Å². The molecule has 0 nitrogen and oxygen atoms in total. The van der Waals surface area contributed by atoms with Gasteiger partial charge in [0.1, 0.15) is 0 Å². The van der Waals surface area contributed by atoms with Gasteiger partial charge in [-0.15, -0.1) is 0 Å². The van der Waals surface area contributed by atoms with Gasteiger partial charge in [0.2, 0.25) is 0 Å². The van der Waals surface area contributed by atoms with E-state index in [9.17, 15) is 0 Å². The maximum absolute atomic E-state index is 2.56. The molecule has 0 radical (unpaired) electrons. The van der Waals surface area contributed by atoms with E-state index in [-0.39, 0.29) is 0 Å². The molecular formula is C9H15I. The van der Waals surface area contributed by atoms with Crippen LogP contribution in [0.5, 0.6) is 0 Å². The van der Waals surface area contributed by atoms with E-state index in [2.05, 4.69) is 55.5 Å². The van der Waals surface area contributed by atoms with Crippen LogP contribution in [0.15, 0.2) is 12.2 Å². The Morgan fingerprint density at radius 3 is 2.50 bits per heavy atom. The van der Waals surface area contributed by atoms with E-state index in [1.165, 1.54) is 6.42 Å². The molecule has 0 saturated heterocycles. The average molecular weight is 250 g/mol. The second kappa shape index (κ2) is 2.84. The van der Waals surface area contributed by atoms with Gasteiger partial charge in [0.15, 0.2) is 0 Å². The molecule has 0 aromatic carbocycles. The molecule has 0 aliphatic heterocycles. The van der Waals surface area contributed by atoms with Crippen molar-refractivity contribution in [2.24, 2.45) is 11.3 Å². The maximum Gasteiger partial charge on any atom is 0.0201 e. The highest BCUT2D eigenvalue weighted by Crippen LogP contribution is 2.37. The normalized spacial score (nSPS) is 38.0. The second-order valence-electron chi connectivity index (χ2n) is 3.86. The first-order valence-corrected chi connectivity index (χ1v) is 5.10. The van der Waals surface area contributed by atoms with Crippen molar-refractivity contribution in [2.75, 3.05) is 0 Å². The van der Waals surface area contributed by atoms with Crippen molar-refractivity contribution < 1.29 is 0 Å². The molecule has 0 heterocycles. The lowest BCUT2D eigenvalue weighted by Gasteiger charge is -2.32. The molecule has 1 rings (SSSR count). The van der Waals surface area contributed by atoms with Gasteiger partial charge in [-0.3, -0.25) is 0 Å². The molecule has 0 spiro atoms. The molecule has 2 atom stereocenters. The van der Waals surface area contributed by atoms with Crippen molar-refractivity contribution in [1.82, 2.24) is 0 Å². The third-order valence-corrected chi connectivity index (χ3v) is 4.35. The molecule has 0 fully saturated rings. The summed E-state index contributed by atoms with van der Waals surface area (Å²) in [4.78, 5) is 0. The average Bonchev–Trinajstić information content (AvgIpc) is 1.81. The minimum absolute atomic E-state index is 0.424. The lowest BCUT2D eigenvalue weighted by atomic mass is 9.79. The summed E-state index contributed by atoms with van der Waals surface area (Å²) < 4.78 is 0.810. The summed E-state index contributed by atoms with van der Waals surface area (Å²) in [5.74, 6) is 0.787. The van der Waals surface area contributed by atoms with Crippen LogP contribution in [0.1, 0.15) is 27.2 Å². The van der Waals surface area contributed by atoms with Crippen molar-refractivity contribution in [1.29, 1.82) is 0 Å². The zero-order valence-corrected chi connectivity index (χ0v) is 9.05. The van der Waals surface area contributed by atoms with Crippen molar-refractivity contribution in [2.45, 2.75) is 31.1 Å². The van der Waals surface area contributed by atoms with E-state index in [0.29, 0.717) is 5.41 Å². The third-order valence-electron chi connectivity index (χ3n) is 2.24. The Labute approximate surface area is 77.2 Å². The number of hydrogen-bond donors (Lipinski definition) is 0. The highest BCUT2D eigenvalue weighted by molar-refractivity contribution is 14.1. The Bertz CT molecular complexity index is 147. The van der Waals surface area contributed by atoms with Gasteiger partial charge in [0, 0.05) is 3.92 Å². The highest BCUT2D eigenvalue weighted by Gasteiger charge is 2.28. The summed E-state index contributed by atoms with van der Waals surface area (Å²) in [6.45, 7) is 6.91. The van der Waals surface area contributed by atoms with Crippen molar-refractivity contribution in [3.05, 3.63) is 12.2 Å². The smallest absolute Gasteiger partial charge is 0.0201 e. The summed E-state index contributed by atoms with van der Waals surface area (Å²) in [6.07, 6.45) is 6.04. The first-order chi connectivity index (χ1) is 4.52. The predicted octanol–water partition coefficient (Wildman–Crippen LogP) is 3.41. The van der Waals surface area contributed by atoms with E-state index in [4.69, 9.17) is 0 Å². The van der Waals surface area contributed by atoms with Gasteiger partial charge < -0.3 is 0 Å². The summed E-state index contributed by atoms with van der Waals surface area (Å²) in [5.41, 5.74) is 0.424. The predicted molar refractivity (Wildman–Crippen MR) is 54.5 cm³/mol. The number of hydrogen-bond acceptors (Lipinski definition) is 0. The zero-order valence-electron chi connectivity index (χ0n) is 6.89. The quantitative estimate of drug-likeness (QED) is 0.351. The number of rotatable bonds is 0. The topological polar surface area (TPSA) is 0 Å². The lowest BCUT2D eigenvalue weighted by Crippen LogP contribution is -2.26. The van der Waals surface area contributed by atoms with Crippen LogP contribution in [-0.2, 0) is 0 Å². The summed E-state index contributed by atoms with van der Waals surface area (Å²) in [5, 5.41) is 0. The molecule has 10 heavy (non-hydrogen) atoms. The van der Waals surface area contributed by atoms with Crippen LogP contribution in [0, 0.1) is 11.3 Å². The van der Waals surface area contributed by atoms with Gasteiger partial charge in [0.25, 0.3) is 0 Å². The van der Waals surface area contributed by atoms with Crippen LogP contribution in [-0.4, -0.2) is 3.92 Å². The molecule has 2 unspecified atom stereocenters. The number of alkyl halides is 1. The zero-order chi connectivity index (χ0) is 7.78. The molecule has 0 aromatic rings. The van der Waals surface area contributed by atoms with Gasteiger partial charge in [-0.2, -0.15) is 0 Å². The van der Waals surface area contributed by atoms with Gasteiger partial charge in [-0.1, -0.05) is 55.5 Å². The van der Waals surface area contributed by atoms with E-state index in [0.717, 1.165) is 9.84 Å². The highest BCUT2D eigenvalue weighted by atomic mass is 127. The molecule has 58 valence electrons. The fourth-order valence-electron chi connectivity index (χ4n) is 1.23. The Balaban J connectivity index is 2.72. The molecule has 0 amide bonds. The monoisotopic (exact) mass is 250 g/mol. The van der Waals surface area contributed by atoms with E-state index >= 15 is 0 Å². The van der Waals surface area contributed by atoms with Crippen LogP contribution >= 0.6 is 22.6 Å². The number of halogens is 1. The lowest BCUT2D eigenvalue weighted by molar-refractivity contribution is 0.398. The van der Waals surface area contributed by atoms with Gasteiger partial charge in [-0.05, 0) is 17.8 Å². The molecule has 0 bridgehead atoms. The molecule has 0 N–H and O–H groups in total. The van der Waals surface area contributed by atoms with E-state index < -0.39 is 0 Å². The third kappa shape index (κ3) is 1.74. The molecular weight excluding hydrogens is 235 g/mol. The fourth-order valence-corrected chi connectivity index (χ4v) is 2.24. The Hall–Kier alpha value is 0.470. The fraction of sp³-hybridized carbons (Fsp3) is 0.778. The molecule has 1 aliphatic rings. The van der Waals surface area contributed by atoms with Gasteiger partial charge >= 0.3 is 0 Å². The SMILES string of the molecule is CC1C=CC(C)(C)C(I)C1. The maximum atomic E-state index is 2.56. The minimum atomic E-state index is 0.424. The molecule has 1 aliphatic carbocycles. The van der Waals surface area contributed by atoms with Crippen LogP contribution in [0.3, 0.4) is 0 Å². The summed E-state index contributed by atoms with van der Waals surface area (Å²) >= 11 is 2.56. The van der Waals surface area contributed by atoms with Crippen molar-refractivity contribution in [3.63, 3.8) is 0 Å². The van der Waals surface area contributed by atoms with Gasteiger partial charge in [-0.25, -0.2) is 0 Å². The van der Waals surface area contributed by atoms with E-state index in [1.54, 1.807) is 0 Å². The second-order valence-corrected chi connectivity index (χ2v) is 5.36. The van der Waals surface area contributed by atoms with E-state index in [1.807, 2.05) is 0 Å². The Morgan fingerprint density at radius 2 is 2.10 bits per heavy atom. The summed E-state index contributed by atoms with van der Waals surface area (Å²) in [6, 6.07) is 0. The number of allylic oxidation sites excluding steroid dienone is 2.